The van der Waals surface area contributed by atoms with Gasteiger partial charge in [-0.05, 0) is 35.9 Å². The molecule has 0 unspecified atom stereocenters. The number of nitrogens with zero attached hydrogens (tertiary/aromatic N) is 3. The molecule has 0 aliphatic carbocycles. The fourth-order valence-corrected chi connectivity index (χ4v) is 3.70. The molecular weight excluding hydrogens is 430 g/mol. The van der Waals surface area contributed by atoms with Gasteiger partial charge in [-0.15, -0.1) is 5.10 Å². The minimum atomic E-state index is 0.0183. The highest BCUT2D eigenvalue weighted by Gasteiger charge is 2.28. The number of carbonyl (C=O) groups is 1. The first-order valence-electron chi connectivity index (χ1n) is 8.11. The Morgan fingerprint density at radius 2 is 1.96 bits per heavy atom. The Bertz CT molecular complexity index is 884. The average molecular weight is 448 g/mol. The number of hydrogen-bond donors (Lipinski definition) is 0. The van der Waals surface area contributed by atoms with Crippen LogP contribution in [0.5, 0.6) is 11.5 Å². The predicted molar refractivity (Wildman–Crippen MR) is 112 cm³/mol. The molecule has 0 radical (unpaired) electrons. The van der Waals surface area contributed by atoms with E-state index in [0.717, 1.165) is 21.3 Å². The molecule has 1 heterocycles. The molecule has 0 atom stereocenters. The molecule has 0 aromatic heterocycles. The van der Waals surface area contributed by atoms with Crippen LogP contribution in [0, 0.1) is 0 Å². The van der Waals surface area contributed by atoms with E-state index in [0.29, 0.717) is 23.2 Å². The van der Waals surface area contributed by atoms with Crippen molar-refractivity contribution >= 4 is 45.0 Å². The van der Waals surface area contributed by atoms with Gasteiger partial charge in [-0.1, -0.05) is 39.8 Å². The molecule has 6 nitrogen and oxygen atoms in total. The lowest BCUT2D eigenvalue weighted by atomic mass is 10.2. The van der Waals surface area contributed by atoms with E-state index in [1.165, 1.54) is 11.8 Å². The van der Waals surface area contributed by atoms with Crippen molar-refractivity contribution in [2.45, 2.75) is 6.54 Å². The zero-order chi connectivity index (χ0) is 19.2. The largest absolute Gasteiger partial charge is 0.497 e. The molecular formula is C19H18BrN3O3S. The third kappa shape index (κ3) is 4.90. The van der Waals surface area contributed by atoms with Crippen molar-refractivity contribution in [2.75, 3.05) is 20.0 Å². The number of benzene rings is 2. The molecule has 1 aliphatic heterocycles. The Kier molecular flexibility index (Phi) is 6.52. The second kappa shape index (κ2) is 9.05. The zero-order valence-electron chi connectivity index (χ0n) is 14.9. The molecule has 140 valence electrons. The van der Waals surface area contributed by atoms with Gasteiger partial charge in [-0.2, -0.15) is 5.10 Å². The summed E-state index contributed by atoms with van der Waals surface area (Å²) in [5.41, 5.74) is 1.80. The number of carbonyl (C=O) groups excluding carboxylic acids is 1. The molecule has 0 saturated carbocycles. The summed E-state index contributed by atoms with van der Waals surface area (Å²) < 4.78 is 11.4. The van der Waals surface area contributed by atoms with Crippen molar-refractivity contribution in [3.63, 3.8) is 0 Å². The van der Waals surface area contributed by atoms with Crippen molar-refractivity contribution in [3.8, 4) is 11.5 Å². The number of rotatable bonds is 6. The van der Waals surface area contributed by atoms with Gasteiger partial charge in [0.05, 0.1) is 32.7 Å². The Morgan fingerprint density at radius 3 is 2.67 bits per heavy atom. The molecule has 0 spiro atoms. The molecule has 0 N–H and O–H groups in total. The molecule has 0 bridgehead atoms. The van der Waals surface area contributed by atoms with Crippen LogP contribution < -0.4 is 9.47 Å². The van der Waals surface area contributed by atoms with Crippen molar-refractivity contribution in [1.29, 1.82) is 0 Å². The van der Waals surface area contributed by atoms with Crippen LogP contribution in [0.1, 0.15) is 11.1 Å². The number of thioether (sulfide) groups is 1. The number of methoxy groups -OCH3 is 2. The summed E-state index contributed by atoms with van der Waals surface area (Å²) in [7, 11) is 3.23. The fourth-order valence-electron chi connectivity index (χ4n) is 2.49. The number of ether oxygens (including phenoxy) is 2. The smallest absolute Gasteiger partial charge is 0.239 e. The zero-order valence-corrected chi connectivity index (χ0v) is 17.3. The first-order valence-corrected chi connectivity index (χ1v) is 9.89. The standard InChI is InChI=1S/C19H18BrN3O3S/c1-25-16-6-3-13(4-7-16)11-23-18(24)12-27-19(23)22-21-10-14-9-15(20)5-8-17(14)26-2/h3-10H,11-12H2,1-2H3/b21-10+,22-19-. The van der Waals surface area contributed by atoms with Crippen LogP contribution in [0.4, 0.5) is 0 Å². The minimum Gasteiger partial charge on any atom is -0.497 e. The summed E-state index contributed by atoms with van der Waals surface area (Å²) in [5, 5.41) is 8.98. The average Bonchev–Trinajstić information content (AvgIpc) is 3.02. The van der Waals surface area contributed by atoms with Gasteiger partial charge in [-0.25, -0.2) is 0 Å². The molecule has 1 saturated heterocycles. The number of hydrogen-bond acceptors (Lipinski definition) is 6. The van der Waals surface area contributed by atoms with E-state index in [4.69, 9.17) is 9.47 Å². The normalized spacial score (nSPS) is 15.7. The summed E-state index contributed by atoms with van der Waals surface area (Å²) in [4.78, 5) is 13.9. The van der Waals surface area contributed by atoms with Gasteiger partial charge in [0.2, 0.25) is 5.91 Å². The Hall–Kier alpha value is -2.32. The van der Waals surface area contributed by atoms with Gasteiger partial charge < -0.3 is 9.47 Å². The number of amidine groups is 1. The van der Waals surface area contributed by atoms with Gasteiger partial charge >= 0.3 is 0 Å². The van der Waals surface area contributed by atoms with Crippen LogP contribution in [0.15, 0.2) is 57.1 Å². The van der Waals surface area contributed by atoms with Gasteiger partial charge in [0.1, 0.15) is 11.5 Å². The minimum absolute atomic E-state index is 0.0183. The fraction of sp³-hybridized carbons (Fsp3) is 0.211. The third-order valence-corrected chi connectivity index (χ3v) is 5.33. The highest BCUT2D eigenvalue weighted by molar-refractivity contribution is 9.10. The van der Waals surface area contributed by atoms with Crippen LogP contribution in [0.25, 0.3) is 0 Å². The molecule has 2 aromatic rings. The molecule has 27 heavy (non-hydrogen) atoms. The molecule has 8 heteroatoms. The van der Waals surface area contributed by atoms with Crippen molar-refractivity contribution in [3.05, 3.63) is 58.1 Å². The Morgan fingerprint density at radius 1 is 1.19 bits per heavy atom. The van der Waals surface area contributed by atoms with E-state index >= 15 is 0 Å². The van der Waals surface area contributed by atoms with E-state index in [9.17, 15) is 4.79 Å². The van der Waals surface area contributed by atoms with Crippen LogP contribution >= 0.6 is 27.7 Å². The first kappa shape index (κ1) is 19.4. The highest BCUT2D eigenvalue weighted by atomic mass is 79.9. The molecule has 2 aromatic carbocycles. The third-order valence-electron chi connectivity index (χ3n) is 3.89. The molecule has 3 rings (SSSR count). The molecule has 1 amide bonds. The SMILES string of the molecule is COc1ccc(CN2C(=O)CS/C2=N\N=C\c2cc(Br)ccc2OC)cc1. The first-order chi connectivity index (χ1) is 13.1. The second-order valence-electron chi connectivity index (χ2n) is 5.63. The van der Waals surface area contributed by atoms with E-state index in [2.05, 4.69) is 26.1 Å². The second-order valence-corrected chi connectivity index (χ2v) is 7.49. The summed E-state index contributed by atoms with van der Waals surface area (Å²) >= 11 is 4.81. The lowest BCUT2D eigenvalue weighted by molar-refractivity contribution is -0.124. The Balaban J connectivity index is 1.76. The van der Waals surface area contributed by atoms with E-state index in [1.54, 1.807) is 25.3 Å². The maximum absolute atomic E-state index is 12.2. The summed E-state index contributed by atoms with van der Waals surface area (Å²) in [5.74, 6) is 1.87. The Labute approximate surface area is 170 Å². The summed E-state index contributed by atoms with van der Waals surface area (Å²) in [6, 6.07) is 13.2. The maximum Gasteiger partial charge on any atom is 0.239 e. The topological polar surface area (TPSA) is 63.5 Å². The summed E-state index contributed by atoms with van der Waals surface area (Å²) in [6.07, 6.45) is 1.62. The number of halogens is 1. The van der Waals surface area contributed by atoms with Gasteiger partial charge in [0, 0.05) is 10.0 Å². The van der Waals surface area contributed by atoms with E-state index < -0.39 is 0 Å². The van der Waals surface area contributed by atoms with Crippen LogP contribution in [0.2, 0.25) is 0 Å². The van der Waals surface area contributed by atoms with Crippen molar-refractivity contribution in [1.82, 2.24) is 4.90 Å². The molecule has 1 aliphatic rings. The summed E-state index contributed by atoms with van der Waals surface area (Å²) in [6.45, 7) is 0.449. The molecule has 1 fully saturated rings. The highest BCUT2D eigenvalue weighted by Crippen LogP contribution is 2.24. The monoisotopic (exact) mass is 447 g/mol. The van der Waals surface area contributed by atoms with Gasteiger partial charge in [0.15, 0.2) is 5.17 Å². The van der Waals surface area contributed by atoms with Crippen LogP contribution in [-0.2, 0) is 11.3 Å². The van der Waals surface area contributed by atoms with Gasteiger partial charge in [-0.3, -0.25) is 9.69 Å². The lowest BCUT2D eigenvalue weighted by Crippen LogP contribution is -2.28. The van der Waals surface area contributed by atoms with Gasteiger partial charge in [0.25, 0.3) is 0 Å². The van der Waals surface area contributed by atoms with E-state index in [-0.39, 0.29) is 5.91 Å². The number of amides is 1. The lowest BCUT2D eigenvalue weighted by Gasteiger charge is -2.15. The van der Waals surface area contributed by atoms with Crippen molar-refractivity contribution < 1.29 is 14.3 Å². The van der Waals surface area contributed by atoms with Crippen molar-refractivity contribution in [2.24, 2.45) is 10.2 Å². The van der Waals surface area contributed by atoms with E-state index in [1.807, 2.05) is 42.5 Å². The van der Waals surface area contributed by atoms with Crippen LogP contribution in [0.3, 0.4) is 0 Å². The van der Waals surface area contributed by atoms with Crippen LogP contribution in [-0.4, -0.2) is 42.2 Å². The quantitative estimate of drug-likeness (QED) is 0.496. The maximum atomic E-state index is 12.2. The predicted octanol–water partition coefficient (Wildman–Crippen LogP) is 3.93.